The molecule has 13 heteroatoms. The fraction of sp³-hybridized carbons (Fsp3) is 0.0476. The van der Waals surface area contributed by atoms with Crippen LogP contribution >= 0.6 is 7.82 Å². The summed E-state index contributed by atoms with van der Waals surface area (Å²) in [6.07, 6.45) is 0.715. The lowest BCUT2D eigenvalue weighted by Gasteiger charge is -2.15. The van der Waals surface area contributed by atoms with Gasteiger partial charge in [-0.1, -0.05) is 36.4 Å². The van der Waals surface area contributed by atoms with Crippen LogP contribution in [0.25, 0.3) is 11.1 Å². The second-order valence-corrected chi connectivity index (χ2v) is 9.43. The van der Waals surface area contributed by atoms with E-state index in [-0.39, 0.29) is 11.6 Å². The Labute approximate surface area is 195 Å². The normalized spacial score (nSPS) is 11.1. The molecule has 0 atom stereocenters. The second kappa shape index (κ2) is 11.1. The Morgan fingerprint density at radius 2 is 1.47 bits per heavy atom. The molecule has 1 amide bonds. The summed E-state index contributed by atoms with van der Waals surface area (Å²) < 4.78 is 41.9. The maximum Gasteiger partial charge on any atom is 0.524 e. The number of benzene rings is 3. The van der Waals surface area contributed by atoms with Crippen molar-refractivity contribution in [3.63, 3.8) is 0 Å². The van der Waals surface area contributed by atoms with Crippen LogP contribution in [-0.4, -0.2) is 40.8 Å². The summed E-state index contributed by atoms with van der Waals surface area (Å²) in [4.78, 5) is 31.2. The summed E-state index contributed by atoms with van der Waals surface area (Å²) in [7, 11) is -8.44. The number of carbonyl (C=O) groups is 1. The molecule has 3 rings (SSSR count). The predicted octanol–water partition coefficient (Wildman–Crippen LogP) is 2.87. The molecule has 0 aliphatic carbocycles. The quantitative estimate of drug-likeness (QED) is 0.126. The molecule has 0 saturated carbocycles. The third-order valence-corrected chi connectivity index (χ3v) is 4.45. The second-order valence-electron chi connectivity index (χ2n) is 6.80. The molecule has 180 valence electrons. The van der Waals surface area contributed by atoms with Crippen molar-refractivity contribution in [2.24, 2.45) is 5.73 Å². The number of nitrogens with one attached hydrogen (secondary N) is 2. The molecule has 3 aromatic carbocycles. The molecule has 0 aliphatic rings. The van der Waals surface area contributed by atoms with Crippen LogP contribution in [0.2, 0.25) is 0 Å². The first-order valence-electron chi connectivity index (χ1n) is 9.36. The van der Waals surface area contributed by atoms with Gasteiger partial charge in [-0.15, -0.1) is 0 Å². The Balaban J connectivity index is 0.000000739. The lowest BCUT2D eigenvalue weighted by atomic mass is 9.98. The molecule has 7 N–H and O–H groups in total. The number of nitrogens with two attached hydrogens (primary N) is 1. The van der Waals surface area contributed by atoms with Crippen LogP contribution < -0.4 is 15.6 Å². The molecule has 0 aromatic heterocycles. The van der Waals surface area contributed by atoms with Gasteiger partial charge < -0.3 is 15.6 Å². The van der Waals surface area contributed by atoms with Crippen LogP contribution in [0.4, 0.5) is 5.69 Å². The number of rotatable bonds is 6. The number of amides is 1. The van der Waals surface area contributed by atoms with Crippen molar-refractivity contribution in [2.75, 3.05) is 11.6 Å². The molecule has 34 heavy (non-hydrogen) atoms. The number of hydrogen-bond acceptors (Lipinski definition) is 6. The lowest BCUT2D eigenvalue weighted by Crippen LogP contribution is -2.14. The number of hydrogen-bond donors (Lipinski definition) is 6. The Kier molecular flexibility index (Phi) is 8.68. The highest BCUT2D eigenvalue weighted by Crippen LogP contribution is 2.42. The minimum absolute atomic E-state index is 0.0353. The average Bonchev–Trinajstić information content (AvgIpc) is 2.72. The van der Waals surface area contributed by atoms with E-state index in [2.05, 4.69) is 5.32 Å². The van der Waals surface area contributed by atoms with Gasteiger partial charge in [0.1, 0.15) is 11.6 Å². The molecular formula is C21H22N3O8PS. The summed E-state index contributed by atoms with van der Waals surface area (Å²) in [5, 5.41) is 10.2. The van der Waals surface area contributed by atoms with Crippen molar-refractivity contribution < 1.29 is 36.6 Å². The Hall–Kier alpha value is -3.54. The SMILES string of the molecule is CS(=O)(=O)O.N=C(N)c1ccc(NC(=O)c2ccccc2-c2ccccc2OP(=O)(O)O)cc1. The van der Waals surface area contributed by atoms with Crippen molar-refractivity contribution in [2.45, 2.75) is 0 Å². The topological polar surface area (TPSA) is 200 Å². The number of phosphoric ester groups is 1. The Morgan fingerprint density at radius 3 is 2.00 bits per heavy atom. The van der Waals surface area contributed by atoms with E-state index in [1.165, 1.54) is 6.07 Å². The highest BCUT2D eigenvalue weighted by molar-refractivity contribution is 7.85. The predicted molar refractivity (Wildman–Crippen MR) is 127 cm³/mol. The van der Waals surface area contributed by atoms with Gasteiger partial charge in [0.15, 0.2) is 0 Å². The van der Waals surface area contributed by atoms with Crippen LogP contribution in [0.5, 0.6) is 5.75 Å². The minimum atomic E-state index is -4.77. The summed E-state index contributed by atoms with van der Waals surface area (Å²) in [6, 6.07) is 19.4. The van der Waals surface area contributed by atoms with Gasteiger partial charge in [-0.05, 0) is 42.0 Å². The first kappa shape index (κ1) is 26.7. The molecule has 0 bridgehead atoms. The highest BCUT2D eigenvalue weighted by atomic mass is 32.2. The summed E-state index contributed by atoms with van der Waals surface area (Å²) >= 11 is 0. The third-order valence-electron chi connectivity index (χ3n) is 4.02. The Bertz CT molecular complexity index is 1330. The fourth-order valence-corrected chi connectivity index (χ4v) is 3.16. The molecule has 11 nitrogen and oxygen atoms in total. The summed E-state index contributed by atoms with van der Waals surface area (Å²) in [5.74, 6) is -0.524. The zero-order chi connectivity index (χ0) is 25.5. The molecule has 3 aromatic rings. The van der Waals surface area contributed by atoms with E-state index in [0.717, 1.165) is 0 Å². The lowest BCUT2D eigenvalue weighted by molar-refractivity contribution is 0.102. The number of carbonyl (C=O) groups excluding carboxylic acids is 1. The summed E-state index contributed by atoms with van der Waals surface area (Å²) in [5.41, 5.74) is 7.59. The van der Waals surface area contributed by atoms with Crippen molar-refractivity contribution >= 4 is 35.4 Å². The fourth-order valence-electron chi connectivity index (χ4n) is 2.74. The molecule has 0 heterocycles. The molecule has 0 fully saturated rings. The minimum Gasteiger partial charge on any atom is -0.404 e. The van der Waals surface area contributed by atoms with Gasteiger partial charge in [0.25, 0.3) is 16.0 Å². The van der Waals surface area contributed by atoms with Crippen LogP contribution in [0.3, 0.4) is 0 Å². The maximum atomic E-state index is 12.9. The number of phosphoric acid groups is 1. The van der Waals surface area contributed by atoms with Crippen molar-refractivity contribution in [3.8, 4) is 16.9 Å². The third kappa shape index (κ3) is 8.77. The van der Waals surface area contributed by atoms with E-state index in [1.54, 1.807) is 66.7 Å². The molecule has 0 saturated heterocycles. The van der Waals surface area contributed by atoms with Crippen molar-refractivity contribution in [3.05, 3.63) is 83.9 Å². The Morgan fingerprint density at radius 1 is 0.971 bits per heavy atom. The van der Waals surface area contributed by atoms with Gasteiger partial charge in [0, 0.05) is 22.4 Å². The van der Waals surface area contributed by atoms with Crippen LogP contribution in [0, 0.1) is 5.41 Å². The van der Waals surface area contributed by atoms with Gasteiger partial charge in [0.2, 0.25) is 0 Å². The van der Waals surface area contributed by atoms with Gasteiger partial charge in [0.05, 0.1) is 6.26 Å². The van der Waals surface area contributed by atoms with Crippen LogP contribution in [-0.2, 0) is 14.7 Å². The standard InChI is InChI=1S/C20H18N3O5P.CH4O3S/c21-19(22)13-9-11-14(12-10-13)23-20(24)17-7-2-1-5-15(17)16-6-3-4-8-18(16)28-29(25,26)27;1-5(2,3)4/h1-12H,(H3,21,22)(H,23,24)(H2,25,26,27);1H3,(H,2,3,4). The largest absolute Gasteiger partial charge is 0.524 e. The average molecular weight is 507 g/mol. The molecule has 0 spiro atoms. The maximum absolute atomic E-state index is 12.9. The van der Waals surface area contributed by atoms with E-state index in [9.17, 15) is 17.8 Å². The van der Waals surface area contributed by atoms with E-state index in [0.29, 0.717) is 34.2 Å². The molecule has 0 aliphatic heterocycles. The molecule has 0 unspecified atom stereocenters. The molecule has 0 radical (unpaired) electrons. The zero-order valence-corrected chi connectivity index (χ0v) is 19.5. The monoisotopic (exact) mass is 507 g/mol. The van der Waals surface area contributed by atoms with E-state index >= 15 is 0 Å². The first-order chi connectivity index (χ1) is 15.7. The smallest absolute Gasteiger partial charge is 0.404 e. The highest BCUT2D eigenvalue weighted by Gasteiger charge is 2.21. The van der Waals surface area contributed by atoms with Gasteiger partial charge >= 0.3 is 7.82 Å². The van der Waals surface area contributed by atoms with E-state index in [1.807, 2.05) is 0 Å². The van der Waals surface area contributed by atoms with Crippen molar-refractivity contribution in [1.82, 2.24) is 0 Å². The number of para-hydroxylation sites is 1. The summed E-state index contributed by atoms with van der Waals surface area (Å²) in [6.45, 7) is 0. The number of nitrogen functional groups attached to an aromatic ring is 1. The van der Waals surface area contributed by atoms with E-state index in [4.69, 9.17) is 30.0 Å². The molecular weight excluding hydrogens is 485 g/mol. The van der Waals surface area contributed by atoms with Gasteiger partial charge in [-0.25, -0.2) is 4.57 Å². The zero-order valence-electron chi connectivity index (χ0n) is 17.7. The van der Waals surface area contributed by atoms with Crippen LogP contribution in [0.15, 0.2) is 72.8 Å². The van der Waals surface area contributed by atoms with Gasteiger partial charge in [-0.3, -0.25) is 24.5 Å². The van der Waals surface area contributed by atoms with Crippen molar-refractivity contribution in [1.29, 1.82) is 5.41 Å². The first-order valence-corrected chi connectivity index (χ1v) is 12.7. The van der Waals surface area contributed by atoms with Crippen LogP contribution in [0.1, 0.15) is 15.9 Å². The van der Waals surface area contributed by atoms with E-state index < -0.39 is 23.8 Å². The number of anilines is 1. The van der Waals surface area contributed by atoms with Gasteiger partial charge in [-0.2, -0.15) is 8.42 Å². The number of amidine groups is 1.